The van der Waals surface area contributed by atoms with Gasteiger partial charge in [0.05, 0.1) is 11.6 Å². The van der Waals surface area contributed by atoms with Gasteiger partial charge in [-0.1, -0.05) is 0 Å². The molecule has 2 atom stereocenters. The van der Waals surface area contributed by atoms with Gasteiger partial charge in [0.15, 0.2) is 0 Å². The van der Waals surface area contributed by atoms with Crippen LogP contribution in [-0.4, -0.2) is 61.3 Å². The third-order valence-corrected chi connectivity index (χ3v) is 2.19. The topological polar surface area (TPSA) is 64.6 Å². The van der Waals surface area contributed by atoms with Crippen LogP contribution in [0.3, 0.4) is 0 Å². The average molecular weight is 231 g/mol. The molecule has 0 bridgehead atoms. The van der Waals surface area contributed by atoms with Gasteiger partial charge in [0, 0.05) is 19.6 Å². The second-order valence-corrected chi connectivity index (χ2v) is 4.73. The molecule has 2 unspecified atom stereocenters. The van der Waals surface area contributed by atoms with E-state index in [0.29, 0.717) is 19.6 Å². The van der Waals surface area contributed by atoms with E-state index < -0.39 is 5.60 Å². The maximum absolute atomic E-state index is 11.4. The van der Waals surface area contributed by atoms with Crippen LogP contribution in [0.25, 0.3) is 0 Å². The standard InChI is InChI=1S/C11H25N3O2/c1-6-12-10(15)9(2)13-7-11(3,16)8-14(4)5/h9,13,16H,6-8H2,1-5H3,(H,12,15). The number of likely N-dealkylation sites (N-methyl/N-ethyl adjacent to an activating group) is 2. The van der Waals surface area contributed by atoms with Crippen LogP contribution >= 0.6 is 0 Å². The molecule has 0 spiro atoms. The summed E-state index contributed by atoms with van der Waals surface area (Å²) in [6, 6.07) is -0.284. The Morgan fingerprint density at radius 1 is 1.50 bits per heavy atom. The molecule has 5 heteroatoms. The Hall–Kier alpha value is -0.650. The Labute approximate surface area is 98.2 Å². The van der Waals surface area contributed by atoms with Gasteiger partial charge in [-0.2, -0.15) is 0 Å². The Morgan fingerprint density at radius 2 is 2.06 bits per heavy atom. The molecular formula is C11H25N3O2. The van der Waals surface area contributed by atoms with Crippen LogP contribution in [0, 0.1) is 0 Å². The predicted molar refractivity (Wildman–Crippen MR) is 65.3 cm³/mol. The number of nitrogens with zero attached hydrogens (tertiary/aromatic N) is 1. The van der Waals surface area contributed by atoms with E-state index in [-0.39, 0.29) is 11.9 Å². The van der Waals surface area contributed by atoms with Crippen molar-refractivity contribution in [3.05, 3.63) is 0 Å². The maximum Gasteiger partial charge on any atom is 0.236 e. The first-order valence-electron chi connectivity index (χ1n) is 5.66. The summed E-state index contributed by atoms with van der Waals surface area (Å²) >= 11 is 0. The molecule has 0 rings (SSSR count). The van der Waals surface area contributed by atoms with Crippen molar-refractivity contribution in [1.29, 1.82) is 0 Å². The number of hydrogen-bond donors (Lipinski definition) is 3. The molecule has 3 N–H and O–H groups in total. The van der Waals surface area contributed by atoms with Crippen LogP contribution in [0.1, 0.15) is 20.8 Å². The maximum atomic E-state index is 11.4. The molecule has 0 aromatic rings. The second kappa shape index (κ2) is 6.83. The van der Waals surface area contributed by atoms with E-state index in [1.165, 1.54) is 0 Å². The summed E-state index contributed by atoms with van der Waals surface area (Å²) in [6.45, 7) is 7.00. The van der Waals surface area contributed by atoms with E-state index in [1.807, 2.05) is 25.9 Å². The zero-order valence-corrected chi connectivity index (χ0v) is 11.0. The van der Waals surface area contributed by atoms with Crippen molar-refractivity contribution in [2.24, 2.45) is 0 Å². The van der Waals surface area contributed by atoms with Gasteiger partial charge in [0.1, 0.15) is 0 Å². The summed E-state index contributed by atoms with van der Waals surface area (Å²) in [5.74, 6) is -0.0387. The summed E-state index contributed by atoms with van der Waals surface area (Å²) in [7, 11) is 3.81. The Bertz CT molecular complexity index is 217. The van der Waals surface area contributed by atoms with Crippen LogP contribution in [0.15, 0.2) is 0 Å². The molecule has 1 amide bonds. The van der Waals surface area contributed by atoms with Gasteiger partial charge in [-0.25, -0.2) is 0 Å². The average Bonchev–Trinajstić information content (AvgIpc) is 2.12. The predicted octanol–water partition coefficient (Wildman–Crippen LogP) is -0.587. The van der Waals surface area contributed by atoms with Gasteiger partial charge in [0.2, 0.25) is 5.91 Å². The largest absolute Gasteiger partial charge is 0.388 e. The highest BCUT2D eigenvalue weighted by Gasteiger charge is 2.23. The number of aliphatic hydroxyl groups is 1. The first-order valence-corrected chi connectivity index (χ1v) is 5.66. The molecule has 0 fully saturated rings. The Morgan fingerprint density at radius 3 is 2.50 bits per heavy atom. The van der Waals surface area contributed by atoms with Crippen LogP contribution in [0.5, 0.6) is 0 Å². The summed E-state index contributed by atoms with van der Waals surface area (Å²) in [5.41, 5.74) is -0.829. The molecule has 0 radical (unpaired) electrons. The molecule has 0 aliphatic rings. The van der Waals surface area contributed by atoms with Crippen molar-refractivity contribution >= 4 is 5.91 Å². The summed E-state index contributed by atoms with van der Waals surface area (Å²) in [5, 5.41) is 15.8. The third-order valence-electron chi connectivity index (χ3n) is 2.19. The Balaban J connectivity index is 3.98. The second-order valence-electron chi connectivity index (χ2n) is 4.73. The molecule has 0 aromatic heterocycles. The minimum atomic E-state index is -0.829. The van der Waals surface area contributed by atoms with Crippen LogP contribution < -0.4 is 10.6 Å². The van der Waals surface area contributed by atoms with Crippen LogP contribution in [-0.2, 0) is 4.79 Å². The Kier molecular flexibility index (Phi) is 6.55. The van der Waals surface area contributed by atoms with Crippen molar-refractivity contribution in [3.63, 3.8) is 0 Å². The van der Waals surface area contributed by atoms with E-state index in [2.05, 4.69) is 10.6 Å². The number of rotatable bonds is 7. The molecule has 0 heterocycles. The number of amides is 1. The van der Waals surface area contributed by atoms with E-state index in [4.69, 9.17) is 0 Å². The van der Waals surface area contributed by atoms with Crippen molar-refractivity contribution in [1.82, 2.24) is 15.5 Å². The highest BCUT2D eigenvalue weighted by molar-refractivity contribution is 5.81. The van der Waals surface area contributed by atoms with Crippen molar-refractivity contribution < 1.29 is 9.90 Å². The van der Waals surface area contributed by atoms with Crippen molar-refractivity contribution in [3.8, 4) is 0 Å². The fourth-order valence-electron chi connectivity index (χ4n) is 1.53. The summed E-state index contributed by atoms with van der Waals surface area (Å²) in [6.07, 6.45) is 0. The zero-order valence-electron chi connectivity index (χ0n) is 11.0. The fourth-order valence-corrected chi connectivity index (χ4v) is 1.53. The van der Waals surface area contributed by atoms with Crippen LogP contribution in [0.2, 0.25) is 0 Å². The molecule has 5 nitrogen and oxygen atoms in total. The number of nitrogens with one attached hydrogen (secondary N) is 2. The molecule has 0 aromatic carbocycles. The van der Waals surface area contributed by atoms with E-state index in [1.54, 1.807) is 13.8 Å². The van der Waals surface area contributed by atoms with E-state index in [9.17, 15) is 9.90 Å². The number of carbonyl (C=O) groups excluding carboxylic acids is 1. The van der Waals surface area contributed by atoms with Crippen molar-refractivity contribution in [2.45, 2.75) is 32.4 Å². The van der Waals surface area contributed by atoms with Gasteiger partial charge < -0.3 is 20.6 Å². The quantitative estimate of drug-likeness (QED) is 0.548. The summed E-state index contributed by atoms with van der Waals surface area (Å²) < 4.78 is 0. The normalized spacial score (nSPS) is 16.9. The van der Waals surface area contributed by atoms with Gasteiger partial charge in [-0.15, -0.1) is 0 Å². The molecule has 16 heavy (non-hydrogen) atoms. The van der Waals surface area contributed by atoms with E-state index in [0.717, 1.165) is 0 Å². The highest BCUT2D eigenvalue weighted by Crippen LogP contribution is 2.03. The SMILES string of the molecule is CCNC(=O)C(C)NCC(C)(O)CN(C)C. The van der Waals surface area contributed by atoms with E-state index >= 15 is 0 Å². The first kappa shape index (κ1) is 15.3. The molecule has 0 saturated carbocycles. The minimum absolute atomic E-state index is 0.0387. The fraction of sp³-hybridized carbons (Fsp3) is 0.909. The van der Waals surface area contributed by atoms with Gasteiger partial charge in [-0.05, 0) is 34.9 Å². The zero-order chi connectivity index (χ0) is 12.8. The lowest BCUT2D eigenvalue weighted by Crippen LogP contribution is -2.51. The molecule has 96 valence electrons. The third kappa shape index (κ3) is 6.76. The number of carbonyl (C=O) groups is 1. The minimum Gasteiger partial charge on any atom is -0.388 e. The first-order chi connectivity index (χ1) is 7.28. The van der Waals surface area contributed by atoms with Crippen LogP contribution in [0.4, 0.5) is 0 Å². The molecule has 0 aliphatic heterocycles. The lowest BCUT2D eigenvalue weighted by molar-refractivity contribution is -0.122. The smallest absolute Gasteiger partial charge is 0.236 e. The van der Waals surface area contributed by atoms with Gasteiger partial charge in [0.25, 0.3) is 0 Å². The highest BCUT2D eigenvalue weighted by atomic mass is 16.3. The molecule has 0 saturated heterocycles. The van der Waals surface area contributed by atoms with Crippen molar-refractivity contribution in [2.75, 3.05) is 33.7 Å². The van der Waals surface area contributed by atoms with Gasteiger partial charge in [-0.3, -0.25) is 4.79 Å². The number of hydrogen-bond acceptors (Lipinski definition) is 4. The van der Waals surface area contributed by atoms with Gasteiger partial charge >= 0.3 is 0 Å². The summed E-state index contributed by atoms with van der Waals surface area (Å²) in [4.78, 5) is 13.3. The lowest BCUT2D eigenvalue weighted by Gasteiger charge is -2.28. The lowest BCUT2D eigenvalue weighted by atomic mass is 10.1. The molecular weight excluding hydrogens is 206 g/mol. The monoisotopic (exact) mass is 231 g/mol. The molecule has 0 aliphatic carbocycles.